The van der Waals surface area contributed by atoms with Crippen molar-refractivity contribution in [1.29, 1.82) is 0 Å². The highest BCUT2D eigenvalue weighted by Gasteiger charge is 2.21. The molecule has 1 aromatic rings. The molecular weight excluding hydrogens is 250 g/mol. The predicted octanol–water partition coefficient (Wildman–Crippen LogP) is 2.62. The van der Waals surface area contributed by atoms with Gasteiger partial charge in [0.25, 0.3) is 0 Å². The number of pyridine rings is 1. The van der Waals surface area contributed by atoms with Crippen molar-refractivity contribution in [3.8, 4) is 0 Å². The Morgan fingerprint density at radius 2 is 2.10 bits per heavy atom. The molecule has 2 rings (SSSR count). The molecule has 0 aliphatic heterocycles. The first kappa shape index (κ1) is 15.3. The zero-order chi connectivity index (χ0) is 14.4. The summed E-state index contributed by atoms with van der Waals surface area (Å²) in [5, 5.41) is 9.33. The van der Waals surface area contributed by atoms with E-state index in [1.807, 2.05) is 12.3 Å². The maximum atomic E-state index is 9.33. The van der Waals surface area contributed by atoms with Crippen molar-refractivity contribution in [1.82, 2.24) is 4.98 Å². The first-order chi connectivity index (χ1) is 9.76. The van der Waals surface area contributed by atoms with Gasteiger partial charge in [0.05, 0.1) is 24.2 Å². The number of nitrogens with zero attached hydrogens (tertiary/aromatic N) is 2. The predicted molar refractivity (Wildman–Crippen MR) is 82.8 cm³/mol. The van der Waals surface area contributed by atoms with Crippen LogP contribution in [-0.4, -0.2) is 29.3 Å². The highest BCUT2D eigenvalue weighted by Crippen LogP contribution is 2.27. The summed E-state index contributed by atoms with van der Waals surface area (Å²) < 4.78 is 0. The van der Waals surface area contributed by atoms with Crippen molar-refractivity contribution >= 4 is 5.69 Å². The summed E-state index contributed by atoms with van der Waals surface area (Å²) in [4.78, 5) is 6.81. The molecule has 3 N–H and O–H groups in total. The van der Waals surface area contributed by atoms with Crippen LogP contribution in [0.5, 0.6) is 0 Å². The van der Waals surface area contributed by atoms with Crippen LogP contribution in [0.1, 0.15) is 57.2 Å². The van der Waals surface area contributed by atoms with Crippen molar-refractivity contribution < 1.29 is 5.11 Å². The summed E-state index contributed by atoms with van der Waals surface area (Å²) in [7, 11) is 0. The van der Waals surface area contributed by atoms with E-state index in [2.05, 4.69) is 22.9 Å². The maximum absolute atomic E-state index is 9.33. The molecule has 1 aromatic heterocycles. The van der Waals surface area contributed by atoms with Gasteiger partial charge in [0, 0.05) is 18.6 Å². The second kappa shape index (κ2) is 7.60. The number of anilines is 1. The average Bonchev–Trinajstić information content (AvgIpc) is 2.53. The third-order valence-corrected chi connectivity index (χ3v) is 4.28. The van der Waals surface area contributed by atoms with E-state index in [1.165, 1.54) is 32.1 Å². The van der Waals surface area contributed by atoms with Crippen LogP contribution in [0.2, 0.25) is 0 Å². The normalized spacial score (nSPS) is 17.9. The van der Waals surface area contributed by atoms with Gasteiger partial charge >= 0.3 is 0 Å². The van der Waals surface area contributed by atoms with Gasteiger partial charge in [-0.1, -0.05) is 26.2 Å². The molecule has 4 heteroatoms. The van der Waals surface area contributed by atoms with Crippen molar-refractivity contribution in [2.45, 2.75) is 57.5 Å². The Bertz CT molecular complexity index is 387. The zero-order valence-corrected chi connectivity index (χ0v) is 12.5. The van der Waals surface area contributed by atoms with E-state index >= 15 is 0 Å². The highest BCUT2D eigenvalue weighted by atomic mass is 16.3. The number of nitrogens with two attached hydrogens (primary N) is 1. The Kier molecular flexibility index (Phi) is 5.80. The van der Waals surface area contributed by atoms with Crippen LogP contribution in [0.4, 0.5) is 5.69 Å². The van der Waals surface area contributed by atoms with Crippen LogP contribution in [0.3, 0.4) is 0 Å². The quantitative estimate of drug-likeness (QED) is 0.839. The summed E-state index contributed by atoms with van der Waals surface area (Å²) in [6.07, 6.45) is 9.17. The summed E-state index contributed by atoms with van der Waals surface area (Å²) in [6.45, 7) is 2.94. The number of aliphatic hydroxyl groups is 1. The molecule has 1 heterocycles. The fourth-order valence-electron chi connectivity index (χ4n) is 3.02. The number of rotatable bonds is 6. The van der Waals surface area contributed by atoms with Crippen LogP contribution < -0.4 is 10.6 Å². The molecule has 0 bridgehead atoms. The third-order valence-electron chi connectivity index (χ3n) is 4.28. The number of aromatic nitrogens is 1. The van der Waals surface area contributed by atoms with Gasteiger partial charge in [-0.05, 0) is 31.4 Å². The van der Waals surface area contributed by atoms with E-state index in [1.54, 1.807) is 0 Å². The lowest BCUT2D eigenvalue weighted by atomic mass is 9.94. The van der Waals surface area contributed by atoms with E-state index in [4.69, 9.17) is 5.73 Å². The molecule has 1 aliphatic carbocycles. The van der Waals surface area contributed by atoms with Crippen molar-refractivity contribution in [2.75, 3.05) is 18.1 Å². The Labute approximate surface area is 122 Å². The molecule has 1 atom stereocenters. The summed E-state index contributed by atoms with van der Waals surface area (Å²) in [5.74, 6) is 0. The largest absolute Gasteiger partial charge is 0.395 e. The van der Waals surface area contributed by atoms with Gasteiger partial charge in [0.15, 0.2) is 0 Å². The van der Waals surface area contributed by atoms with Gasteiger partial charge in [-0.15, -0.1) is 0 Å². The highest BCUT2D eigenvalue weighted by molar-refractivity contribution is 5.46. The van der Waals surface area contributed by atoms with E-state index in [0.717, 1.165) is 17.8 Å². The topological polar surface area (TPSA) is 62.4 Å². The molecule has 0 radical (unpaired) electrons. The molecule has 0 saturated heterocycles. The molecule has 0 amide bonds. The summed E-state index contributed by atoms with van der Waals surface area (Å²) >= 11 is 0. The Hall–Kier alpha value is -1.13. The van der Waals surface area contributed by atoms with Crippen molar-refractivity contribution in [2.24, 2.45) is 5.73 Å². The molecule has 1 aliphatic rings. The maximum Gasteiger partial charge on any atom is 0.0606 e. The monoisotopic (exact) mass is 277 g/mol. The van der Waals surface area contributed by atoms with Crippen molar-refractivity contribution in [3.63, 3.8) is 0 Å². The third kappa shape index (κ3) is 3.70. The standard InChI is InChI=1S/C16H27N3O/c1-2-15(17)16-9-8-14(12-18-16)19(10-11-20)13-6-4-3-5-7-13/h8-9,12-13,15,20H,2-7,10-11,17H2,1H3/t15-/m1/s1. The molecule has 1 saturated carbocycles. The summed E-state index contributed by atoms with van der Waals surface area (Å²) in [6, 6.07) is 4.69. The van der Waals surface area contributed by atoms with Gasteiger partial charge in [0.1, 0.15) is 0 Å². The van der Waals surface area contributed by atoms with Crippen LogP contribution in [0.15, 0.2) is 18.3 Å². The Morgan fingerprint density at radius 1 is 1.35 bits per heavy atom. The first-order valence-corrected chi connectivity index (χ1v) is 7.85. The summed E-state index contributed by atoms with van der Waals surface area (Å²) in [5.41, 5.74) is 8.06. The van der Waals surface area contributed by atoms with Gasteiger partial charge in [0.2, 0.25) is 0 Å². The minimum absolute atomic E-state index is 0.0185. The molecule has 0 spiro atoms. The van der Waals surface area contributed by atoms with Gasteiger partial charge in [-0.3, -0.25) is 4.98 Å². The second-order valence-electron chi connectivity index (χ2n) is 5.66. The van der Waals surface area contributed by atoms with E-state index in [-0.39, 0.29) is 12.6 Å². The zero-order valence-electron chi connectivity index (χ0n) is 12.5. The molecule has 20 heavy (non-hydrogen) atoms. The molecule has 1 fully saturated rings. The first-order valence-electron chi connectivity index (χ1n) is 7.85. The lowest BCUT2D eigenvalue weighted by Gasteiger charge is -2.35. The van der Waals surface area contributed by atoms with Gasteiger partial charge in [-0.25, -0.2) is 0 Å². The molecule has 0 aromatic carbocycles. The smallest absolute Gasteiger partial charge is 0.0606 e. The van der Waals surface area contributed by atoms with Crippen LogP contribution in [-0.2, 0) is 0 Å². The van der Waals surface area contributed by atoms with Crippen LogP contribution in [0.25, 0.3) is 0 Å². The van der Waals surface area contributed by atoms with Gasteiger partial charge < -0.3 is 15.7 Å². The minimum atomic E-state index is 0.0185. The SMILES string of the molecule is CC[C@@H](N)c1ccc(N(CCO)C2CCCCC2)cn1. The Balaban J connectivity index is 2.11. The molecule has 4 nitrogen and oxygen atoms in total. The van der Waals surface area contributed by atoms with E-state index in [9.17, 15) is 5.11 Å². The second-order valence-corrected chi connectivity index (χ2v) is 5.66. The van der Waals surface area contributed by atoms with E-state index in [0.29, 0.717) is 12.6 Å². The number of hydrogen-bond donors (Lipinski definition) is 2. The van der Waals surface area contributed by atoms with Crippen LogP contribution >= 0.6 is 0 Å². The lowest BCUT2D eigenvalue weighted by Crippen LogP contribution is -2.39. The minimum Gasteiger partial charge on any atom is -0.395 e. The van der Waals surface area contributed by atoms with Crippen LogP contribution in [0, 0.1) is 0 Å². The fourth-order valence-corrected chi connectivity index (χ4v) is 3.02. The molecule has 0 unspecified atom stereocenters. The Morgan fingerprint density at radius 3 is 2.65 bits per heavy atom. The fraction of sp³-hybridized carbons (Fsp3) is 0.688. The van der Waals surface area contributed by atoms with E-state index < -0.39 is 0 Å². The lowest BCUT2D eigenvalue weighted by molar-refractivity contribution is 0.290. The average molecular weight is 277 g/mol. The number of aliphatic hydroxyl groups excluding tert-OH is 1. The molecule has 112 valence electrons. The molecular formula is C16H27N3O. The van der Waals surface area contributed by atoms with Gasteiger partial charge in [-0.2, -0.15) is 0 Å². The number of hydrogen-bond acceptors (Lipinski definition) is 4. The van der Waals surface area contributed by atoms with Crippen molar-refractivity contribution in [3.05, 3.63) is 24.0 Å².